The number of rotatable bonds is 3. The second-order valence-electron chi connectivity index (χ2n) is 7.50. The number of likely N-dealkylation sites (tertiary alicyclic amines) is 1. The number of hydrogen-bond donors (Lipinski definition) is 2. The number of amides is 1. The number of anilines is 1. The van der Waals surface area contributed by atoms with E-state index < -0.39 is 0 Å². The van der Waals surface area contributed by atoms with Gasteiger partial charge in [0, 0.05) is 43.7 Å². The van der Waals surface area contributed by atoms with Crippen LogP contribution < -0.4 is 10.6 Å². The lowest BCUT2D eigenvalue weighted by atomic mass is 9.84. The Morgan fingerprint density at radius 1 is 1.33 bits per heavy atom. The van der Waals surface area contributed by atoms with Crippen molar-refractivity contribution in [3.05, 3.63) is 29.3 Å². The van der Waals surface area contributed by atoms with E-state index in [0.29, 0.717) is 6.04 Å². The van der Waals surface area contributed by atoms with Gasteiger partial charge in [0.05, 0.1) is 6.04 Å². The highest BCUT2D eigenvalue weighted by atomic mass is 16.2. The third-order valence-corrected chi connectivity index (χ3v) is 5.92. The van der Waals surface area contributed by atoms with Gasteiger partial charge in [0.2, 0.25) is 5.91 Å². The molecule has 2 aliphatic heterocycles. The molecule has 1 atom stereocenters. The highest BCUT2D eigenvalue weighted by Crippen LogP contribution is 2.52. The van der Waals surface area contributed by atoms with E-state index in [1.165, 1.54) is 18.4 Å². The SMILES string of the molecule is CC(=O)N1CCC(Nc2ccc3c(c2)C(C=O)NCC32CC2)CC1. The van der Waals surface area contributed by atoms with Crippen molar-refractivity contribution >= 4 is 17.9 Å². The van der Waals surface area contributed by atoms with Gasteiger partial charge in [0.15, 0.2) is 0 Å². The lowest BCUT2D eigenvalue weighted by molar-refractivity contribution is -0.129. The Labute approximate surface area is 142 Å². The number of piperidine rings is 1. The number of benzene rings is 1. The van der Waals surface area contributed by atoms with Gasteiger partial charge in [-0.3, -0.25) is 4.79 Å². The van der Waals surface area contributed by atoms with E-state index in [0.717, 1.165) is 50.0 Å². The van der Waals surface area contributed by atoms with Crippen LogP contribution in [0.3, 0.4) is 0 Å². The molecule has 1 aromatic rings. The first-order chi connectivity index (χ1) is 11.6. The fourth-order valence-electron chi connectivity index (χ4n) is 4.20. The average Bonchev–Trinajstić information content (AvgIpc) is 3.36. The number of aldehydes is 1. The van der Waals surface area contributed by atoms with Crippen LogP contribution in [0, 0.1) is 0 Å². The highest BCUT2D eigenvalue weighted by Gasteiger charge is 2.48. The smallest absolute Gasteiger partial charge is 0.219 e. The quantitative estimate of drug-likeness (QED) is 0.834. The highest BCUT2D eigenvalue weighted by molar-refractivity contribution is 5.73. The monoisotopic (exact) mass is 327 g/mol. The van der Waals surface area contributed by atoms with Crippen LogP contribution in [0.2, 0.25) is 0 Å². The van der Waals surface area contributed by atoms with Crippen molar-refractivity contribution < 1.29 is 9.59 Å². The van der Waals surface area contributed by atoms with Gasteiger partial charge in [-0.15, -0.1) is 0 Å². The molecule has 0 aromatic heterocycles. The molecule has 2 fully saturated rings. The molecule has 1 aliphatic carbocycles. The van der Waals surface area contributed by atoms with Gasteiger partial charge < -0.3 is 20.3 Å². The average molecular weight is 327 g/mol. The third kappa shape index (κ3) is 2.71. The Morgan fingerprint density at radius 2 is 2.08 bits per heavy atom. The van der Waals surface area contributed by atoms with E-state index in [1.54, 1.807) is 6.92 Å². The molecular weight excluding hydrogens is 302 g/mol. The Morgan fingerprint density at radius 3 is 2.71 bits per heavy atom. The van der Waals surface area contributed by atoms with Gasteiger partial charge in [0.1, 0.15) is 6.29 Å². The van der Waals surface area contributed by atoms with E-state index in [1.807, 2.05) is 4.90 Å². The lowest BCUT2D eigenvalue weighted by Crippen LogP contribution is -2.41. The van der Waals surface area contributed by atoms with E-state index in [-0.39, 0.29) is 17.4 Å². The summed E-state index contributed by atoms with van der Waals surface area (Å²) in [6.07, 6.45) is 5.39. The number of nitrogens with one attached hydrogen (secondary N) is 2. The summed E-state index contributed by atoms with van der Waals surface area (Å²) in [4.78, 5) is 24.8. The maximum Gasteiger partial charge on any atom is 0.219 e. The Bertz CT molecular complexity index is 661. The molecular formula is C19H25N3O2. The van der Waals surface area contributed by atoms with Gasteiger partial charge in [0.25, 0.3) is 0 Å². The van der Waals surface area contributed by atoms with Crippen LogP contribution in [-0.4, -0.2) is 42.8 Å². The third-order valence-electron chi connectivity index (χ3n) is 5.92. The number of fused-ring (bicyclic) bond motifs is 2. The Kier molecular flexibility index (Phi) is 3.83. The zero-order valence-corrected chi connectivity index (χ0v) is 14.2. The summed E-state index contributed by atoms with van der Waals surface area (Å²) >= 11 is 0. The summed E-state index contributed by atoms with van der Waals surface area (Å²) in [5, 5.41) is 6.99. The van der Waals surface area contributed by atoms with Gasteiger partial charge in [-0.25, -0.2) is 0 Å². The summed E-state index contributed by atoms with van der Waals surface area (Å²) in [5.41, 5.74) is 3.86. The second-order valence-corrected chi connectivity index (χ2v) is 7.50. The van der Waals surface area contributed by atoms with Crippen LogP contribution in [-0.2, 0) is 15.0 Å². The normalized spacial score (nSPS) is 25.2. The van der Waals surface area contributed by atoms with Crippen LogP contribution in [0.25, 0.3) is 0 Å². The van der Waals surface area contributed by atoms with Gasteiger partial charge in [-0.2, -0.15) is 0 Å². The maximum absolute atomic E-state index is 11.4. The minimum absolute atomic E-state index is 0.164. The summed E-state index contributed by atoms with van der Waals surface area (Å²) in [6, 6.07) is 6.72. The molecule has 3 aliphatic rings. The molecule has 24 heavy (non-hydrogen) atoms. The number of hydrogen-bond acceptors (Lipinski definition) is 4. The first kappa shape index (κ1) is 15.6. The van der Waals surface area contributed by atoms with Crippen molar-refractivity contribution in [1.82, 2.24) is 10.2 Å². The van der Waals surface area contributed by atoms with Crippen molar-refractivity contribution in [2.45, 2.75) is 50.1 Å². The van der Waals surface area contributed by atoms with Crippen LogP contribution in [0.5, 0.6) is 0 Å². The molecule has 1 aromatic carbocycles. The summed E-state index contributed by atoms with van der Waals surface area (Å²) in [6.45, 7) is 4.19. The molecule has 1 unspecified atom stereocenters. The van der Waals surface area contributed by atoms with E-state index in [9.17, 15) is 9.59 Å². The Balaban J connectivity index is 1.49. The number of carbonyl (C=O) groups is 2. The molecule has 1 saturated carbocycles. The van der Waals surface area contributed by atoms with Crippen LogP contribution in [0.4, 0.5) is 5.69 Å². The fraction of sp³-hybridized carbons (Fsp3) is 0.579. The van der Waals surface area contributed by atoms with Crippen molar-refractivity contribution in [2.75, 3.05) is 25.0 Å². The molecule has 1 spiro atoms. The van der Waals surface area contributed by atoms with Crippen molar-refractivity contribution in [2.24, 2.45) is 0 Å². The first-order valence-electron chi connectivity index (χ1n) is 8.96. The van der Waals surface area contributed by atoms with E-state index in [2.05, 4.69) is 28.8 Å². The van der Waals surface area contributed by atoms with E-state index >= 15 is 0 Å². The van der Waals surface area contributed by atoms with Gasteiger partial charge in [-0.1, -0.05) is 6.07 Å². The molecule has 4 rings (SSSR count). The van der Waals surface area contributed by atoms with E-state index in [4.69, 9.17) is 0 Å². The molecule has 2 heterocycles. The summed E-state index contributed by atoms with van der Waals surface area (Å²) < 4.78 is 0. The zero-order valence-electron chi connectivity index (χ0n) is 14.2. The maximum atomic E-state index is 11.4. The molecule has 2 N–H and O–H groups in total. The fourth-order valence-corrected chi connectivity index (χ4v) is 4.20. The predicted molar refractivity (Wildman–Crippen MR) is 93.1 cm³/mol. The Hall–Kier alpha value is -1.88. The topological polar surface area (TPSA) is 61.4 Å². The second kappa shape index (κ2) is 5.88. The van der Waals surface area contributed by atoms with Crippen LogP contribution in [0.15, 0.2) is 18.2 Å². The molecule has 5 heteroatoms. The largest absolute Gasteiger partial charge is 0.382 e. The first-order valence-corrected chi connectivity index (χ1v) is 8.96. The molecule has 128 valence electrons. The summed E-state index contributed by atoms with van der Waals surface area (Å²) in [7, 11) is 0. The van der Waals surface area contributed by atoms with Crippen molar-refractivity contribution in [1.29, 1.82) is 0 Å². The summed E-state index contributed by atoms with van der Waals surface area (Å²) in [5.74, 6) is 0.164. The molecule has 5 nitrogen and oxygen atoms in total. The lowest BCUT2D eigenvalue weighted by Gasteiger charge is -2.33. The molecule has 1 saturated heterocycles. The number of carbonyl (C=O) groups excluding carboxylic acids is 2. The standard InChI is InChI=1S/C19H25N3O2/c1-13(24)22-8-4-14(5-9-22)21-15-2-3-17-16(10-15)18(11-23)20-12-19(17)6-7-19/h2-3,10-11,14,18,20-21H,4-9,12H2,1H3. The molecule has 0 radical (unpaired) electrons. The molecule has 0 bridgehead atoms. The predicted octanol–water partition coefficient (Wildman–Crippen LogP) is 1.98. The number of nitrogens with zero attached hydrogens (tertiary/aromatic N) is 1. The van der Waals surface area contributed by atoms with Gasteiger partial charge >= 0.3 is 0 Å². The van der Waals surface area contributed by atoms with Crippen LogP contribution in [0.1, 0.15) is 49.8 Å². The molecule has 1 amide bonds. The van der Waals surface area contributed by atoms with Crippen molar-refractivity contribution in [3.8, 4) is 0 Å². The van der Waals surface area contributed by atoms with Crippen LogP contribution >= 0.6 is 0 Å². The van der Waals surface area contributed by atoms with Crippen molar-refractivity contribution in [3.63, 3.8) is 0 Å². The minimum atomic E-state index is -0.187. The van der Waals surface area contributed by atoms with Gasteiger partial charge in [-0.05, 0) is 48.9 Å². The minimum Gasteiger partial charge on any atom is -0.382 e. The zero-order chi connectivity index (χ0) is 16.7.